The highest BCUT2D eigenvalue weighted by Crippen LogP contribution is 2.18. The topological polar surface area (TPSA) is 107 Å². The molecule has 0 radical (unpaired) electrons. The van der Waals surface area contributed by atoms with Crippen LogP contribution in [0.25, 0.3) is 10.8 Å². The van der Waals surface area contributed by atoms with Crippen LogP contribution < -0.4 is 16.6 Å². The Morgan fingerprint density at radius 3 is 2.40 bits per heavy atom. The monoisotopic (exact) mass is 336 g/mol. The molecule has 0 fully saturated rings. The molecule has 0 aliphatic carbocycles. The lowest BCUT2D eigenvalue weighted by molar-refractivity contribution is 0.100. The van der Waals surface area contributed by atoms with E-state index in [0.717, 1.165) is 0 Å². The number of primary amides is 1. The molecular formula is C18H16N4O3. The normalized spacial score (nSPS) is 10.6. The molecule has 7 heteroatoms. The Morgan fingerprint density at radius 1 is 1.08 bits per heavy atom. The maximum Gasteiger partial charge on any atom is 0.276 e. The Balaban J connectivity index is 2.11. The van der Waals surface area contributed by atoms with Gasteiger partial charge in [-0.1, -0.05) is 30.3 Å². The van der Waals surface area contributed by atoms with Crippen LogP contribution in [0.5, 0.6) is 0 Å². The van der Waals surface area contributed by atoms with Gasteiger partial charge in [0.25, 0.3) is 17.4 Å². The highest BCUT2D eigenvalue weighted by molar-refractivity contribution is 6.13. The third-order valence-electron chi connectivity index (χ3n) is 3.82. The summed E-state index contributed by atoms with van der Waals surface area (Å²) in [5, 5.41) is 7.68. The number of nitrogens with zero attached hydrogens (tertiary/aromatic N) is 2. The van der Waals surface area contributed by atoms with Crippen molar-refractivity contribution in [2.45, 2.75) is 13.5 Å². The van der Waals surface area contributed by atoms with Gasteiger partial charge >= 0.3 is 0 Å². The molecule has 1 aromatic heterocycles. The molecule has 7 nitrogen and oxygen atoms in total. The summed E-state index contributed by atoms with van der Waals surface area (Å²) in [5.74, 6) is -1.17. The second-order valence-corrected chi connectivity index (χ2v) is 5.38. The van der Waals surface area contributed by atoms with Crippen LogP contribution in [-0.2, 0) is 6.54 Å². The predicted molar refractivity (Wildman–Crippen MR) is 94.6 cm³/mol. The van der Waals surface area contributed by atoms with Gasteiger partial charge in [0.15, 0.2) is 5.69 Å². The Morgan fingerprint density at radius 2 is 1.72 bits per heavy atom. The molecule has 3 aromatic rings. The van der Waals surface area contributed by atoms with Crippen LogP contribution >= 0.6 is 0 Å². The van der Waals surface area contributed by atoms with E-state index in [1.54, 1.807) is 49.4 Å². The maximum atomic E-state index is 12.7. The minimum absolute atomic E-state index is 0.108. The quantitative estimate of drug-likeness (QED) is 0.757. The van der Waals surface area contributed by atoms with Crippen LogP contribution in [0.4, 0.5) is 5.69 Å². The van der Waals surface area contributed by atoms with Gasteiger partial charge < -0.3 is 11.1 Å². The first-order chi connectivity index (χ1) is 12.0. The number of rotatable bonds is 4. The number of fused-ring (bicyclic) bond motifs is 1. The minimum atomic E-state index is -0.646. The van der Waals surface area contributed by atoms with E-state index >= 15 is 0 Å². The van der Waals surface area contributed by atoms with Crippen molar-refractivity contribution in [1.29, 1.82) is 0 Å². The number of hydrogen-bond donors (Lipinski definition) is 2. The molecule has 1 heterocycles. The standard InChI is InChI=1S/C18H16N4O3/c1-2-22-18(25)12-8-4-3-7-11(12)15(21-22)17(24)20-14-10-6-5-9-13(14)16(19)23/h3-10H,2H2,1H3,(H2,19,23)(H,20,24). The zero-order valence-corrected chi connectivity index (χ0v) is 13.5. The van der Waals surface area contributed by atoms with E-state index in [1.165, 1.54) is 10.7 Å². The summed E-state index contributed by atoms with van der Waals surface area (Å²) in [6, 6.07) is 13.2. The summed E-state index contributed by atoms with van der Waals surface area (Å²) in [5.41, 5.74) is 5.67. The molecule has 2 aromatic carbocycles. The maximum absolute atomic E-state index is 12.7. The van der Waals surface area contributed by atoms with E-state index in [-0.39, 0.29) is 16.8 Å². The number of carbonyl (C=O) groups excluding carboxylic acids is 2. The van der Waals surface area contributed by atoms with Gasteiger partial charge in [-0.25, -0.2) is 4.68 Å². The number of aryl methyl sites for hydroxylation is 1. The number of para-hydroxylation sites is 1. The molecular weight excluding hydrogens is 320 g/mol. The van der Waals surface area contributed by atoms with Gasteiger partial charge in [0, 0.05) is 11.9 Å². The van der Waals surface area contributed by atoms with Crippen molar-refractivity contribution >= 4 is 28.3 Å². The highest BCUT2D eigenvalue weighted by Gasteiger charge is 2.18. The molecule has 0 aliphatic heterocycles. The van der Waals surface area contributed by atoms with Crippen molar-refractivity contribution in [1.82, 2.24) is 9.78 Å². The summed E-state index contributed by atoms with van der Waals surface area (Å²) in [7, 11) is 0. The zero-order chi connectivity index (χ0) is 18.0. The van der Waals surface area contributed by atoms with E-state index in [9.17, 15) is 14.4 Å². The Bertz CT molecular complexity index is 1040. The number of nitrogens with one attached hydrogen (secondary N) is 1. The van der Waals surface area contributed by atoms with Crippen LogP contribution in [0.2, 0.25) is 0 Å². The lowest BCUT2D eigenvalue weighted by Gasteiger charge is -2.11. The van der Waals surface area contributed by atoms with Crippen LogP contribution in [0, 0.1) is 0 Å². The van der Waals surface area contributed by atoms with E-state index in [2.05, 4.69) is 10.4 Å². The fourth-order valence-electron chi connectivity index (χ4n) is 2.61. The lowest BCUT2D eigenvalue weighted by atomic mass is 10.1. The smallest absolute Gasteiger partial charge is 0.276 e. The molecule has 3 N–H and O–H groups in total. The summed E-state index contributed by atoms with van der Waals surface area (Å²) < 4.78 is 1.23. The molecule has 0 atom stereocenters. The first kappa shape index (κ1) is 16.4. The third-order valence-corrected chi connectivity index (χ3v) is 3.82. The average Bonchev–Trinajstić information content (AvgIpc) is 2.62. The molecule has 0 bridgehead atoms. The number of amides is 2. The number of aromatic nitrogens is 2. The van der Waals surface area contributed by atoms with Crippen LogP contribution in [-0.4, -0.2) is 21.6 Å². The van der Waals surface area contributed by atoms with Crippen molar-refractivity contribution in [2.24, 2.45) is 5.73 Å². The number of carbonyl (C=O) groups is 2. The van der Waals surface area contributed by atoms with E-state index in [0.29, 0.717) is 23.0 Å². The fourth-order valence-corrected chi connectivity index (χ4v) is 2.61. The Labute approximate surface area is 143 Å². The van der Waals surface area contributed by atoms with Crippen molar-refractivity contribution in [3.8, 4) is 0 Å². The first-order valence-corrected chi connectivity index (χ1v) is 7.73. The summed E-state index contributed by atoms with van der Waals surface area (Å²) in [6.07, 6.45) is 0. The number of anilines is 1. The fraction of sp³-hybridized carbons (Fsp3) is 0.111. The van der Waals surface area contributed by atoms with Gasteiger partial charge in [-0.2, -0.15) is 5.10 Å². The first-order valence-electron chi connectivity index (χ1n) is 7.73. The zero-order valence-electron chi connectivity index (χ0n) is 13.5. The van der Waals surface area contributed by atoms with E-state index < -0.39 is 11.8 Å². The van der Waals surface area contributed by atoms with Crippen molar-refractivity contribution in [3.63, 3.8) is 0 Å². The van der Waals surface area contributed by atoms with Crippen LogP contribution in [0.3, 0.4) is 0 Å². The minimum Gasteiger partial charge on any atom is -0.366 e. The van der Waals surface area contributed by atoms with Gasteiger partial charge in [0.05, 0.1) is 16.6 Å². The highest BCUT2D eigenvalue weighted by atomic mass is 16.2. The molecule has 3 rings (SSSR count). The van der Waals surface area contributed by atoms with Gasteiger partial charge in [-0.05, 0) is 25.1 Å². The average molecular weight is 336 g/mol. The summed E-state index contributed by atoms with van der Waals surface area (Å²) in [4.78, 5) is 36.6. The van der Waals surface area contributed by atoms with E-state index in [4.69, 9.17) is 5.73 Å². The predicted octanol–water partition coefficient (Wildman–Crippen LogP) is 1.77. The second-order valence-electron chi connectivity index (χ2n) is 5.38. The number of hydrogen-bond acceptors (Lipinski definition) is 4. The Hall–Kier alpha value is -3.48. The van der Waals surface area contributed by atoms with Crippen molar-refractivity contribution in [2.75, 3.05) is 5.32 Å². The van der Waals surface area contributed by atoms with Gasteiger partial charge in [-0.3, -0.25) is 14.4 Å². The largest absolute Gasteiger partial charge is 0.366 e. The molecule has 0 saturated carbocycles. The molecule has 126 valence electrons. The molecule has 0 spiro atoms. The van der Waals surface area contributed by atoms with Crippen LogP contribution in [0.15, 0.2) is 53.3 Å². The third kappa shape index (κ3) is 2.99. The van der Waals surface area contributed by atoms with Crippen molar-refractivity contribution < 1.29 is 9.59 Å². The molecule has 0 unspecified atom stereocenters. The van der Waals surface area contributed by atoms with Crippen molar-refractivity contribution in [3.05, 3.63) is 70.1 Å². The van der Waals surface area contributed by atoms with Gasteiger partial charge in [0.2, 0.25) is 0 Å². The molecule has 0 aliphatic rings. The number of nitrogens with two attached hydrogens (primary N) is 1. The number of benzene rings is 2. The van der Waals surface area contributed by atoms with Gasteiger partial charge in [0.1, 0.15) is 0 Å². The van der Waals surface area contributed by atoms with Crippen LogP contribution in [0.1, 0.15) is 27.8 Å². The second kappa shape index (κ2) is 6.56. The van der Waals surface area contributed by atoms with Gasteiger partial charge in [-0.15, -0.1) is 0 Å². The Kier molecular flexibility index (Phi) is 4.30. The molecule has 25 heavy (non-hydrogen) atoms. The van der Waals surface area contributed by atoms with E-state index in [1.807, 2.05) is 0 Å². The molecule has 0 saturated heterocycles. The summed E-state index contributed by atoms with van der Waals surface area (Å²) in [6.45, 7) is 2.11. The molecule has 2 amide bonds. The lowest BCUT2D eigenvalue weighted by Crippen LogP contribution is -2.27. The summed E-state index contributed by atoms with van der Waals surface area (Å²) >= 11 is 0. The SMILES string of the molecule is CCn1nc(C(=O)Nc2ccccc2C(N)=O)c2ccccc2c1=O.